The smallest absolute Gasteiger partial charge is 0.153 e. The Bertz CT molecular complexity index is 344. The predicted octanol–water partition coefficient (Wildman–Crippen LogP) is 2.19. The molecule has 1 aliphatic carbocycles. The summed E-state index contributed by atoms with van der Waals surface area (Å²) in [7, 11) is 0. The van der Waals surface area contributed by atoms with E-state index in [-0.39, 0.29) is 16.7 Å². The fourth-order valence-electron chi connectivity index (χ4n) is 1.67. The third-order valence-electron chi connectivity index (χ3n) is 3.08. The van der Waals surface area contributed by atoms with E-state index in [9.17, 15) is 14.7 Å². The molecule has 0 saturated heterocycles. The van der Waals surface area contributed by atoms with Crippen LogP contribution in [0, 0.1) is 10.8 Å². The van der Waals surface area contributed by atoms with Crippen molar-refractivity contribution in [2.45, 2.75) is 27.2 Å². The first-order chi connectivity index (χ1) is 6.86. The van der Waals surface area contributed by atoms with Crippen LogP contribution >= 0.6 is 0 Å². The highest BCUT2D eigenvalue weighted by molar-refractivity contribution is 5.82. The Balaban J connectivity index is 3.23. The number of hydrogen-bond donors (Lipinski definition) is 1. The van der Waals surface area contributed by atoms with E-state index in [0.29, 0.717) is 12.7 Å². The van der Waals surface area contributed by atoms with Crippen LogP contribution in [0.5, 0.6) is 0 Å². The zero-order valence-corrected chi connectivity index (χ0v) is 9.28. The molecule has 0 aliphatic heterocycles. The van der Waals surface area contributed by atoms with E-state index in [1.165, 1.54) is 6.08 Å². The average Bonchev–Trinajstić information content (AvgIpc) is 2.17. The molecule has 0 radical (unpaired) electrons. The summed E-state index contributed by atoms with van der Waals surface area (Å²) in [6.45, 7) is 5.82. The molecule has 1 N–H and O–H groups in total. The maximum Gasteiger partial charge on any atom is 0.153 e. The number of carbonyl (C=O) groups excluding carboxylic acids is 2. The minimum Gasteiger partial charge on any atom is -0.508 e. The third kappa shape index (κ3) is 1.87. The van der Waals surface area contributed by atoms with Gasteiger partial charge in [0.15, 0.2) is 6.29 Å². The molecule has 0 aromatic carbocycles. The highest BCUT2D eigenvalue weighted by Crippen LogP contribution is 2.44. The Morgan fingerprint density at radius 1 is 1.40 bits per heavy atom. The molecule has 3 nitrogen and oxygen atoms in total. The standard InChI is InChI=1S/C12H16O3/c1-11(2,3)12(8-14)5-4-10(15)9(6-12)7-13/h4,6-8,15H,5H2,1-3H3. The largest absolute Gasteiger partial charge is 0.508 e. The molecule has 1 atom stereocenters. The summed E-state index contributed by atoms with van der Waals surface area (Å²) in [5.74, 6) is -0.0354. The molecule has 0 aromatic heterocycles. The van der Waals surface area contributed by atoms with Crippen LogP contribution in [-0.4, -0.2) is 17.7 Å². The van der Waals surface area contributed by atoms with Crippen molar-refractivity contribution in [2.75, 3.05) is 0 Å². The number of hydrogen-bond acceptors (Lipinski definition) is 3. The Morgan fingerprint density at radius 2 is 2.00 bits per heavy atom. The molecule has 82 valence electrons. The summed E-state index contributed by atoms with van der Waals surface area (Å²) in [6, 6.07) is 0. The van der Waals surface area contributed by atoms with Crippen LogP contribution in [0.1, 0.15) is 27.2 Å². The minimum atomic E-state index is -0.699. The molecule has 1 aliphatic rings. The maximum atomic E-state index is 11.2. The molecule has 0 amide bonds. The molecule has 0 spiro atoms. The fraction of sp³-hybridized carbons (Fsp3) is 0.500. The van der Waals surface area contributed by atoms with Crippen molar-refractivity contribution in [3.05, 3.63) is 23.5 Å². The van der Waals surface area contributed by atoms with Crippen molar-refractivity contribution < 1.29 is 14.7 Å². The van der Waals surface area contributed by atoms with Gasteiger partial charge in [-0.3, -0.25) is 4.79 Å². The topological polar surface area (TPSA) is 54.4 Å². The van der Waals surface area contributed by atoms with Gasteiger partial charge in [-0.25, -0.2) is 0 Å². The second kappa shape index (κ2) is 3.65. The van der Waals surface area contributed by atoms with E-state index < -0.39 is 5.41 Å². The van der Waals surface area contributed by atoms with Crippen LogP contribution in [0.4, 0.5) is 0 Å². The van der Waals surface area contributed by atoms with E-state index in [1.54, 1.807) is 6.08 Å². The SMILES string of the molecule is CC(C)(C)C1(C=O)C=C(C=O)C(O)=CC1. The van der Waals surface area contributed by atoms with Crippen molar-refractivity contribution in [3.8, 4) is 0 Å². The van der Waals surface area contributed by atoms with Crippen molar-refractivity contribution in [1.82, 2.24) is 0 Å². The number of aliphatic hydroxyl groups is 1. The normalized spacial score (nSPS) is 26.6. The van der Waals surface area contributed by atoms with Crippen molar-refractivity contribution >= 4 is 12.6 Å². The first-order valence-corrected chi connectivity index (χ1v) is 4.90. The molecule has 0 saturated carbocycles. The van der Waals surface area contributed by atoms with Gasteiger partial charge in [-0.15, -0.1) is 0 Å². The third-order valence-corrected chi connectivity index (χ3v) is 3.08. The molecule has 0 bridgehead atoms. The van der Waals surface area contributed by atoms with Gasteiger partial charge in [0, 0.05) is 0 Å². The van der Waals surface area contributed by atoms with E-state index in [0.717, 1.165) is 6.29 Å². The molecule has 0 heterocycles. The zero-order chi connectivity index (χ0) is 11.7. The summed E-state index contributed by atoms with van der Waals surface area (Å²) < 4.78 is 0. The lowest BCUT2D eigenvalue weighted by atomic mass is 9.63. The van der Waals surface area contributed by atoms with E-state index in [1.807, 2.05) is 20.8 Å². The number of carbonyl (C=O) groups is 2. The van der Waals surface area contributed by atoms with Gasteiger partial charge in [0.2, 0.25) is 0 Å². The van der Waals surface area contributed by atoms with Gasteiger partial charge in [-0.05, 0) is 17.9 Å². The number of rotatable bonds is 2. The van der Waals surface area contributed by atoms with Crippen LogP contribution < -0.4 is 0 Å². The van der Waals surface area contributed by atoms with Gasteiger partial charge in [0.1, 0.15) is 12.0 Å². The fourth-order valence-corrected chi connectivity index (χ4v) is 1.67. The first kappa shape index (κ1) is 11.7. The monoisotopic (exact) mass is 208 g/mol. The highest BCUT2D eigenvalue weighted by Gasteiger charge is 2.41. The summed E-state index contributed by atoms with van der Waals surface area (Å²) in [4.78, 5) is 21.9. The van der Waals surface area contributed by atoms with Gasteiger partial charge < -0.3 is 9.90 Å². The minimum absolute atomic E-state index is 0.0354. The van der Waals surface area contributed by atoms with Crippen LogP contribution in [0.15, 0.2) is 23.5 Å². The summed E-state index contributed by atoms with van der Waals surface area (Å²) in [5.41, 5.74) is -0.779. The van der Waals surface area contributed by atoms with Crippen molar-refractivity contribution in [3.63, 3.8) is 0 Å². The molecule has 15 heavy (non-hydrogen) atoms. The van der Waals surface area contributed by atoms with E-state index in [4.69, 9.17) is 0 Å². The zero-order valence-electron chi connectivity index (χ0n) is 9.28. The molecule has 1 unspecified atom stereocenters. The second-order valence-electron chi connectivity index (χ2n) is 4.92. The predicted molar refractivity (Wildman–Crippen MR) is 57.4 cm³/mol. The molecular formula is C12H16O3. The van der Waals surface area contributed by atoms with Crippen LogP contribution in [0.25, 0.3) is 0 Å². The lowest BCUT2D eigenvalue weighted by Gasteiger charge is -2.39. The first-order valence-electron chi connectivity index (χ1n) is 4.90. The summed E-state index contributed by atoms with van der Waals surface area (Å²) in [5, 5.41) is 9.41. The number of allylic oxidation sites excluding steroid dienone is 3. The Hall–Kier alpha value is -1.38. The van der Waals surface area contributed by atoms with Crippen LogP contribution in [0.2, 0.25) is 0 Å². The van der Waals surface area contributed by atoms with Gasteiger partial charge in [0.25, 0.3) is 0 Å². The molecule has 0 fully saturated rings. The van der Waals surface area contributed by atoms with Gasteiger partial charge >= 0.3 is 0 Å². The average molecular weight is 208 g/mol. The number of aldehydes is 2. The van der Waals surface area contributed by atoms with E-state index in [2.05, 4.69) is 0 Å². The summed E-state index contributed by atoms with van der Waals surface area (Å²) >= 11 is 0. The Morgan fingerprint density at radius 3 is 2.40 bits per heavy atom. The summed E-state index contributed by atoms with van der Waals surface area (Å²) in [6.07, 6.45) is 4.98. The molecular weight excluding hydrogens is 192 g/mol. The lowest BCUT2D eigenvalue weighted by molar-refractivity contribution is -0.118. The quantitative estimate of drug-likeness (QED) is 0.708. The second-order valence-corrected chi connectivity index (χ2v) is 4.92. The maximum absolute atomic E-state index is 11.2. The molecule has 0 aromatic rings. The van der Waals surface area contributed by atoms with Gasteiger partial charge in [-0.1, -0.05) is 26.8 Å². The number of aliphatic hydroxyl groups excluding tert-OH is 1. The van der Waals surface area contributed by atoms with Crippen molar-refractivity contribution in [1.29, 1.82) is 0 Å². The van der Waals surface area contributed by atoms with E-state index >= 15 is 0 Å². The Labute approximate surface area is 89.5 Å². The van der Waals surface area contributed by atoms with Crippen LogP contribution in [-0.2, 0) is 9.59 Å². The molecule has 3 heteroatoms. The lowest BCUT2D eigenvalue weighted by Crippen LogP contribution is -2.37. The van der Waals surface area contributed by atoms with Crippen molar-refractivity contribution in [2.24, 2.45) is 10.8 Å². The Kier molecular flexibility index (Phi) is 2.84. The highest BCUT2D eigenvalue weighted by atomic mass is 16.3. The van der Waals surface area contributed by atoms with Crippen LogP contribution in [0.3, 0.4) is 0 Å². The van der Waals surface area contributed by atoms with Gasteiger partial charge in [-0.2, -0.15) is 0 Å². The molecule has 1 rings (SSSR count). The van der Waals surface area contributed by atoms with Gasteiger partial charge in [0.05, 0.1) is 11.0 Å².